The molecule has 0 aliphatic carbocycles. The van der Waals surface area contributed by atoms with E-state index in [2.05, 4.69) is 27.9 Å². The number of likely N-dealkylation sites (tertiary alicyclic amines) is 1. The van der Waals surface area contributed by atoms with Crippen LogP contribution in [-0.4, -0.2) is 61.0 Å². The number of pyridine rings is 1. The molecule has 2 aliphatic heterocycles. The van der Waals surface area contributed by atoms with Crippen molar-refractivity contribution in [2.24, 2.45) is 0 Å². The molecule has 0 aromatic carbocycles. The average Bonchev–Trinajstić information content (AvgIpc) is 2.55. The van der Waals surface area contributed by atoms with E-state index in [0.717, 1.165) is 57.8 Å². The summed E-state index contributed by atoms with van der Waals surface area (Å²) >= 11 is 0. The SMILES string of the molecule is CN1CCN(c2ncccc2C2CCCCN2C=O)CC1. The number of carbonyl (C=O) groups is 1. The lowest BCUT2D eigenvalue weighted by Gasteiger charge is -2.38. The molecule has 3 rings (SSSR count). The standard InChI is InChI=1S/C16H24N4O/c1-18-9-11-19(12-10-18)16-14(5-4-7-17-16)15-6-2-3-8-20(15)13-21/h4-5,7,13,15H,2-3,6,8-12H2,1H3. The minimum Gasteiger partial charge on any atom is -0.354 e. The van der Waals surface area contributed by atoms with Crippen LogP contribution in [0.3, 0.4) is 0 Å². The van der Waals surface area contributed by atoms with E-state index < -0.39 is 0 Å². The molecule has 1 aromatic rings. The van der Waals surface area contributed by atoms with Gasteiger partial charge in [-0.05, 0) is 32.4 Å². The van der Waals surface area contributed by atoms with E-state index in [1.54, 1.807) is 0 Å². The Labute approximate surface area is 126 Å². The number of amides is 1. The molecule has 0 saturated carbocycles. The third-order valence-electron chi connectivity index (χ3n) is 4.66. The molecular formula is C16H24N4O. The highest BCUT2D eigenvalue weighted by atomic mass is 16.1. The molecule has 5 nitrogen and oxygen atoms in total. The summed E-state index contributed by atoms with van der Waals surface area (Å²) in [4.78, 5) is 22.7. The summed E-state index contributed by atoms with van der Waals surface area (Å²) in [5.74, 6) is 1.07. The number of likely N-dealkylation sites (N-methyl/N-ethyl adjacent to an activating group) is 1. The zero-order valence-electron chi connectivity index (χ0n) is 12.7. The fourth-order valence-corrected chi connectivity index (χ4v) is 3.37. The van der Waals surface area contributed by atoms with Gasteiger partial charge in [0.1, 0.15) is 5.82 Å². The van der Waals surface area contributed by atoms with Crippen LogP contribution < -0.4 is 4.90 Å². The van der Waals surface area contributed by atoms with Gasteiger partial charge < -0.3 is 14.7 Å². The predicted molar refractivity (Wildman–Crippen MR) is 83.3 cm³/mol. The summed E-state index contributed by atoms with van der Waals surface area (Å²) in [5, 5.41) is 0. The monoisotopic (exact) mass is 288 g/mol. The molecule has 1 amide bonds. The lowest BCUT2D eigenvalue weighted by atomic mass is 9.95. The summed E-state index contributed by atoms with van der Waals surface area (Å²) in [5.41, 5.74) is 1.22. The maximum atomic E-state index is 11.4. The number of piperidine rings is 1. The zero-order valence-corrected chi connectivity index (χ0v) is 12.7. The van der Waals surface area contributed by atoms with Crippen LogP contribution in [0, 0.1) is 0 Å². The highest BCUT2D eigenvalue weighted by molar-refractivity contribution is 5.54. The Hall–Kier alpha value is -1.62. The molecule has 0 radical (unpaired) electrons. The average molecular weight is 288 g/mol. The summed E-state index contributed by atoms with van der Waals surface area (Å²) in [6.45, 7) is 5.02. The molecule has 1 unspecified atom stereocenters. The van der Waals surface area contributed by atoms with Crippen molar-refractivity contribution in [2.75, 3.05) is 44.7 Å². The maximum Gasteiger partial charge on any atom is 0.210 e. The molecule has 21 heavy (non-hydrogen) atoms. The van der Waals surface area contributed by atoms with Crippen molar-refractivity contribution in [1.29, 1.82) is 0 Å². The van der Waals surface area contributed by atoms with Gasteiger partial charge in [0, 0.05) is 44.5 Å². The van der Waals surface area contributed by atoms with Gasteiger partial charge in [0.25, 0.3) is 0 Å². The second kappa shape index (κ2) is 6.43. The third kappa shape index (κ3) is 3.02. The molecular weight excluding hydrogens is 264 g/mol. The second-order valence-corrected chi connectivity index (χ2v) is 6.06. The number of hydrogen-bond donors (Lipinski definition) is 0. The molecule has 1 aromatic heterocycles. The van der Waals surface area contributed by atoms with Crippen molar-refractivity contribution < 1.29 is 4.79 Å². The number of piperazine rings is 1. The molecule has 114 valence electrons. The topological polar surface area (TPSA) is 39.7 Å². The van der Waals surface area contributed by atoms with Gasteiger partial charge >= 0.3 is 0 Å². The van der Waals surface area contributed by atoms with E-state index in [1.807, 2.05) is 17.2 Å². The molecule has 1 atom stereocenters. The van der Waals surface area contributed by atoms with Crippen molar-refractivity contribution in [3.8, 4) is 0 Å². The van der Waals surface area contributed by atoms with Crippen molar-refractivity contribution in [1.82, 2.24) is 14.8 Å². The van der Waals surface area contributed by atoms with E-state index in [4.69, 9.17) is 0 Å². The lowest BCUT2D eigenvalue weighted by Crippen LogP contribution is -2.45. The van der Waals surface area contributed by atoms with Crippen LogP contribution >= 0.6 is 0 Å². The first-order chi connectivity index (χ1) is 10.3. The number of nitrogens with zero attached hydrogens (tertiary/aromatic N) is 4. The van der Waals surface area contributed by atoms with Crippen LogP contribution in [0.4, 0.5) is 5.82 Å². The number of hydrogen-bond acceptors (Lipinski definition) is 4. The van der Waals surface area contributed by atoms with Crippen LogP contribution in [0.25, 0.3) is 0 Å². The first kappa shape index (κ1) is 14.3. The van der Waals surface area contributed by atoms with Crippen LogP contribution in [0.5, 0.6) is 0 Å². The van der Waals surface area contributed by atoms with Crippen molar-refractivity contribution in [3.05, 3.63) is 23.9 Å². The highest BCUT2D eigenvalue weighted by Gasteiger charge is 2.27. The Morgan fingerprint density at radius 3 is 2.76 bits per heavy atom. The lowest BCUT2D eigenvalue weighted by molar-refractivity contribution is -0.121. The number of anilines is 1. The normalized spacial score (nSPS) is 24.1. The minimum atomic E-state index is 0.194. The van der Waals surface area contributed by atoms with Crippen molar-refractivity contribution >= 4 is 12.2 Å². The minimum absolute atomic E-state index is 0.194. The Morgan fingerprint density at radius 2 is 2.00 bits per heavy atom. The smallest absolute Gasteiger partial charge is 0.210 e. The van der Waals surface area contributed by atoms with E-state index in [9.17, 15) is 4.79 Å². The Morgan fingerprint density at radius 1 is 1.19 bits per heavy atom. The van der Waals surface area contributed by atoms with Crippen LogP contribution in [0.15, 0.2) is 18.3 Å². The van der Waals surface area contributed by atoms with Gasteiger partial charge in [-0.15, -0.1) is 0 Å². The zero-order chi connectivity index (χ0) is 14.7. The van der Waals surface area contributed by atoms with Gasteiger partial charge in [-0.1, -0.05) is 6.07 Å². The van der Waals surface area contributed by atoms with E-state index in [-0.39, 0.29) is 6.04 Å². The van der Waals surface area contributed by atoms with Crippen molar-refractivity contribution in [2.45, 2.75) is 25.3 Å². The summed E-state index contributed by atoms with van der Waals surface area (Å²) < 4.78 is 0. The predicted octanol–water partition coefficient (Wildman–Crippen LogP) is 1.52. The molecule has 2 fully saturated rings. The fourth-order valence-electron chi connectivity index (χ4n) is 3.37. The summed E-state index contributed by atoms with van der Waals surface area (Å²) in [6, 6.07) is 4.33. The maximum absolute atomic E-state index is 11.4. The van der Waals surface area contributed by atoms with Crippen LogP contribution in [-0.2, 0) is 4.79 Å². The van der Waals surface area contributed by atoms with Crippen LogP contribution in [0.2, 0.25) is 0 Å². The molecule has 3 heterocycles. The molecule has 0 spiro atoms. The first-order valence-electron chi connectivity index (χ1n) is 7.89. The molecule has 2 aliphatic rings. The third-order valence-corrected chi connectivity index (χ3v) is 4.66. The van der Waals surface area contributed by atoms with Gasteiger partial charge in [0.05, 0.1) is 6.04 Å². The van der Waals surface area contributed by atoms with Gasteiger partial charge in [-0.25, -0.2) is 4.98 Å². The van der Waals surface area contributed by atoms with Gasteiger partial charge in [0.15, 0.2) is 0 Å². The highest BCUT2D eigenvalue weighted by Crippen LogP contribution is 2.34. The Balaban J connectivity index is 1.86. The van der Waals surface area contributed by atoms with Crippen LogP contribution in [0.1, 0.15) is 30.9 Å². The van der Waals surface area contributed by atoms with Gasteiger partial charge in [-0.3, -0.25) is 4.79 Å². The quantitative estimate of drug-likeness (QED) is 0.791. The molecule has 0 N–H and O–H groups in total. The summed E-state index contributed by atoms with van der Waals surface area (Å²) in [7, 11) is 2.16. The molecule has 2 saturated heterocycles. The second-order valence-electron chi connectivity index (χ2n) is 6.06. The van der Waals surface area contributed by atoms with Gasteiger partial charge in [0.2, 0.25) is 6.41 Å². The fraction of sp³-hybridized carbons (Fsp3) is 0.625. The summed E-state index contributed by atoms with van der Waals surface area (Å²) in [6.07, 6.45) is 6.21. The number of rotatable bonds is 3. The number of aromatic nitrogens is 1. The van der Waals surface area contributed by atoms with E-state index in [0.29, 0.717) is 0 Å². The van der Waals surface area contributed by atoms with E-state index in [1.165, 1.54) is 12.0 Å². The molecule has 0 bridgehead atoms. The molecule has 5 heteroatoms. The number of carbonyl (C=O) groups excluding carboxylic acids is 1. The first-order valence-corrected chi connectivity index (χ1v) is 7.89. The Bertz CT molecular complexity index is 485. The van der Waals surface area contributed by atoms with E-state index >= 15 is 0 Å². The largest absolute Gasteiger partial charge is 0.354 e. The van der Waals surface area contributed by atoms with Crippen molar-refractivity contribution in [3.63, 3.8) is 0 Å². The van der Waals surface area contributed by atoms with Gasteiger partial charge in [-0.2, -0.15) is 0 Å². The Kier molecular flexibility index (Phi) is 4.39.